The normalized spacial score (nSPS) is 19.2. The number of nitrogens with zero attached hydrogens (tertiary/aromatic N) is 1. The van der Waals surface area contributed by atoms with Gasteiger partial charge in [-0.3, -0.25) is 0 Å². The van der Waals surface area contributed by atoms with Crippen LogP contribution in [-0.2, 0) is 0 Å². The summed E-state index contributed by atoms with van der Waals surface area (Å²) in [6.45, 7) is 4.35. The molecule has 0 amide bonds. The van der Waals surface area contributed by atoms with E-state index in [4.69, 9.17) is 0 Å². The van der Waals surface area contributed by atoms with Crippen molar-refractivity contribution in [3.63, 3.8) is 0 Å². The molecule has 0 radical (unpaired) electrons. The molecular weight excluding hydrogens is 336 g/mol. The van der Waals surface area contributed by atoms with Crippen molar-refractivity contribution in [3.8, 4) is 0 Å². The van der Waals surface area contributed by atoms with E-state index < -0.39 is 5.97 Å². The van der Waals surface area contributed by atoms with Crippen LogP contribution in [0.4, 0.5) is 0 Å². The highest BCUT2D eigenvalue weighted by atomic mass is 35.5. The van der Waals surface area contributed by atoms with Crippen molar-refractivity contribution < 1.29 is 9.90 Å². The zero-order valence-corrected chi connectivity index (χ0v) is 15.7. The van der Waals surface area contributed by atoms with Gasteiger partial charge < -0.3 is 15.0 Å². The first kappa shape index (κ1) is 19.8. The van der Waals surface area contributed by atoms with E-state index in [0.29, 0.717) is 17.5 Å². The minimum Gasteiger partial charge on any atom is -0.478 e. The summed E-state index contributed by atoms with van der Waals surface area (Å²) in [5.74, 6) is -0.269. The number of carboxylic acid groups (broad SMARTS) is 1. The summed E-state index contributed by atoms with van der Waals surface area (Å²) in [6.07, 6.45) is 9.04. The molecule has 5 heteroatoms. The van der Waals surface area contributed by atoms with Crippen LogP contribution in [-0.4, -0.2) is 28.7 Å². The van der Waals surface area contributed by atoms with Gasteiger partial charge in [-0.2, -0.15) is 0 Å². The lowest BCUT2D eigenvalue weighted by Gasteiger charge is -2.28. The Kier molecular flexibility index (Phi) is 7.33. The average molecular weight is 365 g/mol. The van der Waals surface area contributed by atoms with Gasteiger partial charge in [-0.1, -0.05) is 44.4 Å². The number of carboxylic acids is 1. The Morgan fingerprint density at radius 3 is 2.92 bits per heavy atom. The maximum absolute atomic E-state index is 11.7. The number of unbranched alkanes of at least 4 members (excludes halogenated alkanes) is 1. The van der Waals surface area contributed by atoms with Crippen molar-refractivity contribution in [2.24, 2.45) is 5.92 Å². The van der Waals surface area contributed by atoms with E-state index in [1.165, 1.54) is 32.1 Å². The van der Waals surface area contributed by atoms with Gasteiger partial charge in [0, 0.05) is 23.1 Å². The molecule has 1 saturated heterocycles. The fourth-order valence-electron chi connectivity index (χ4n) is 4.04. The van der Waals surface area contributed by atoms with Gasteiger partial charge in [-0.05, 0) is 44.3 Å². The van der Waals surface area contributed by atoms with Crippen LogP contribution in [0, 0.1) is 5.92 Å². The second kappa shape index (κ2) is 9.25. The summed E-state index contributed by atoms with van der Waals surface area (Å²) < 4.78 is 2.26. The zero-order valence-electron chi connectivity index (χ0n) is 14.9. The number of nitrogens with one attached hydrogen (secondary N) is 1. The summed E-state index contributed by atoms with van der Waals surface area (Å²) in [5.41, 5.74) is 1.48. The molecule has 4 nitrogen and oxygen atoms in total. The van der Waals surface area contributed by atoms with Gasteiger partial charge in [0.15, 0.2) is 0 Å². The number of benzene rings is 1. The van der Waals surface area contributed by atoms with Crippen molar-refractivity contribution in [3.05, 3.63) is 36.0 Å². The number of aromatic nitrogens is 1. The number of hydrogen-bond acceptors (Lipinski definition) is 2. The van der Waals surface area contributed by atoms with Crippen LogP contribution in [0.15, 0.2) is 30.5 Å². The van der Waals surface area contributed by atoms with Gasteiger partial charge in [0.25, 0.3) is 0 Å². The van der Waals surface area contributed by atoms with E-state index in [0.717, 1.165) is 30.4 Å². The monoisotopic (exact) mass is 364 g/mol. The molecule has 0 aliphatic carbocycles. The van der Waals surface area contributed by atoms with Crippen LogP contribution in [0.25, 0.3) is 10.9 Å². The van der Waals surface area contributed by atoms with Crippen molar-refractivity contribution in [2.75, 3.05) is 13.1 Å². The molecule has 1 aliphatic rings. The van der Waals surface area contributed by atoms with Crippen LogP contribution in [0.5, 0.6) is 0 Å². The van der Waals surface area contributed by atoms with Gasteiger partial charge >= 0.3 is 5.97 Å². The van der Waals surface area contributed by atoms with Gasteiger partial charge in [-0.15, -0.1) is 12.4 Å². The van der Waals surface area contributed by atoms with E-state index in [9.17, 15) is 9.90 Å². The van der Waals surface area contributed by atoms with Crippen LogP contribution >= 0.6 is 12.4 Å². The van der Waals surface area contributed by atoms with E-state index in [-0.39, 0.29) is 12.4 Å². The Hall–Kier alpha value is -1.52. The van der Waals surface area contributed by atoms with Gasteiger partial charge in [0.1, 0.15) is 0 Å². The lowest BCUT2D eigenvalue weighted by Crippen LogP contribution is -2.28. The Morgan fingerprint density at radius 1 is 1.36 bits per heavy atom. The lowest BCUT2D eigenvalue weighted by atomic mass is 9.90. The summed E-state index contributed by atoms with van der Waals surface area (Å²) >= 11 is 0. The fraction of sp³-hybridized carbons (Fsp3) is 0.550. The van der Waals surface area contributed by atoms with Crippen molar-refractivity contribution in [1.29, 1.82) is 0 Å². The van der Waals surface area contributed by atoms with Crippen LogP contribution in [0.3, 0.4) is 0 Å². The SMILES string of the molecule is CCCCC(C1CCCCNC1)n1cc(C(=O)O)c2ccccc21.Cl. The number of carbonyl (C=O) groups is 1. The maximum Gasteiger partial charge on any atom is 0.337 e. The van der Waals surface area contributed by atoms with Crippen molar-refractivity contribution >= 4 is 29.3 Å². The molecular formula is C20H29ClN2O2. The smallest absolute Gasteiger partial charge is 0.337 e. The highest BCUT2D eigenvalue weighted by molar-refractivity contribution is 6.03. The van der Waals surface area contributed by atoms with Gasteiger partial charge in [0.2, 0.25) is 0 Å². The number of hydrogen-bond donors (Lipinski definition) is 2. The van der Waals surface area contributed by atoms with Crippen LogP contribution in [0.2, 0.25) is 0 Å². The van der Waals surface area contributed by atoms with E-state index in [1.807, 2.05) is 24.4 Å². The van der Waals surface area contributed by atoms with E-state index in [2.05, 4.69) is 22.9 Å². The maximum atomic E-state index is 11.7. The molecule has 1 aromatic carbocycles. The summed E-state index contributed by atoms with van der Waals surface area (Å²) in [6, 6.07) is 8.29. The third-order valence-corrected chi connectivity index (χ3v) is 5.31. The molecule has 1 aromatic heterocycles. The molecule has 2 N–H and O–H groups in total. The lowest BCUT2D eigenvalue weighted by molar-refractivity contribution is 0.0698. The quantitative estimate of drug-likeness (QED) is 0.767. The number of rotatable bonds is 6. The largest absolute Gasteiger partial charge is 0.478 e. The molecule has 1 fully saturated rings. The molecule has 2 heterocycles. The van der Waals surface area contributed by atoms with Gasteiger partial charge in [0.05, 0.1) is 5.56 Å². The summed E-state index contributed by atoms with van der Waals surface area (Å²) in [4.78, 5) is 11.7. The van der Waals surface area contributed by atoms with Gasteiger partial charge in [-0.25, -0.2) is 4.79 Å². The highest BCUT2D eigenvalue weighted by Crippen LogP contribution is 2.34. The van der Waals surface area contributed by atoms with E-state index >= 15 is 0 Å². The molecule has 0 spiro atoms. The minimum absolute atomic E-state index is 0. The zero-order chi connectivity index (χ0) is 16.9. The third kappa shape index (κ3) is 4.36. The summed E-state index contributed by atoms with van der Waals surface area (Å²) in [7, 11) is 0. The Balaban J connectivity index is 0.00000225. The molecule has 0 saturated carbocycles. The molecule has 2 unspecified atom stereocenters. The second-order valence-corrected chi connectivity index (χ2v) is 6.94. The van der Waals surface area contributed by atoms with Crippen LogP contribution in [0.1, 0.15) is 61.8 Å². The first-order valence-electron chi connectivity index (χ1n) is 9.26. The van der Waals surface area contributed by atoms with Crippen LogP contribution < -0.4 is 5.32 Å². The number of halogens is 1. The predicted molar refractivity (Wildman–Crippen MR) is 105 cm³/mol. The highest BCUT2D eigenvalue weighted by Gasteiger charge is 2.26. The number of fused-ring (bicyclic) bond motifs is 1. The molecule has 1 aliphatic heterocycles. The topological polar surface area (TPSA) is 54.3 Å². The Bertz CT molecular complexity index is 690. The summed E-state index contributed by atoms with van der Waals surface area (Å²) in [5, 5.41) is 14.0. The Labute approximate surface area is 156 Å². The molecule has 25 heavy (non-hydrogen) atoms. The fourth-order valence-corrected chi connectivity index (χ4v) is 4.04. The van der Waals surface area contributed by atoms with Crippen molar-refractivity contribution in [2.45, 2.75) is 51.5 Å². The molecule has 3 rings (SSSR count). The molecule has 2 aromatic rings. The Morgan fingerprint density at radius 2 is 2.16 bits per heavy atom. The standard InChI is InChI=1S/C20H28N2O2.ClH/c1-2-3-10-18(15-8-6-7-12-21-13-15)22-14-17(20(23)24)16-9-4-5-11-19(16)22;/h4-5,9,11,14-15,18,21H,2-3,6-8,10,12-13H2,1H3,(H,23,24);1H. The predicted octanol–water partition coefficient (Wildman–Crippen LogP) is 4.88. The first-order valence-corrected chi connectivity index (χ1v) is 9.26. The minimum atomic E-state index is -0.835. The first-order chi connectivity index (χ1) is 11.7. The van der Waals surface area contributed by atoms with Crippen molar-refractivity contribution in [1.82, 2.24) is 9.88 Å². The molecule has 2 atom stereocenters. The average Bonchev–Trinajstić information content (AvgIpc) is 2.77. The second-order valence-electron chi connectivity index (χ2n) is 6.94. The number of para-hydroxylation sites is 1. The third-order valence-electron chi connectivity index (χ3n) is 5.31. The molecule has 138 valence electrons. The number of aromatic carboxylic acids is 1. The molecule has 0 bridgehead atoms. The van der Waals surface area contributed by atoms with E-state index in [1.54, 1.807) is 0 Å².